The lowest BCUT2D eigenvalue weighted by Gasteiger charge is -2.10. The zero-order valence-electron chi connectivity index (χ0n) is 12.0. The van der Waals surface area contributed by atoms with E-state index >= 15 is 0 Å². The van der Waals surface area contributed by atoms with Crippen LogP contribution in [-0.2, 0) is 6.54 Å². The first-order valence-corrected chi connectivity index (χ1v) is 7.19. The molecule has 0 aromatic heterocycles. The molecule has 2 aromatic carbocycles. The van der Waals surface area contributed by atoms with E-state index in [1.54, 1.807) is 6.07 Å². The number of benzene rings is 2. The summed E-state index contributed by atoms with van der Waals surface area (Å²) in [6.07, 6.45) is 2.52. The summed E-state index contributed by atoms with van der Waals surface area (Å²) in [6, 6.07) is 13.4. The molecule has 1 N–H and O–H groups in total. The summed E-state index contributed by atoms with van der Waals surface area (Å²) in [7, 11) is 0. The van der Waals surface area contributed by atoms with Crippen molar-refractivity contribution in [3.05, 3.63) is 58.9 Å². The first-order valence-electron chi connectivity index (χ1n) is 7.19. The summed E-state index contributed by atoms with van der Waals surface area (Å²) >= 11 is 0. The molecule has 0 bridgehead atoms. The van der Waals surface area contributed by atoms with Gasteiger partial charge in [-0.05, 0) is 66.3 Å². The van der Waals surface area contributed by atoms with Gasteiger partial charge in [0.25, 0.3) is 0 Å². The monoisotopic (exact) mass is 280 g/mol. The van der Waals surface area contributed by atoms with E-state index in [1.807, 2.05) is 13.0 Å². The lowest BCUT2D eigenvalue weighted by atomic mass is 9.96. The summed E-state index contributed by atoms with van der Waals surface area (Å²) < 4.78 is 13.6. The predicted molar refractivity (Wildman–Crippen MR) is 81.1 cm³/mol. The predicted octanol–water partition coefficient (Wildman–Crippen LogP) is 3.92. The third-order valence-electron chi connectivity index (χ3n) is 3.81. The minimum atomic E-state index is -0.370. The number of nitrogens with one attached hydrogen (secondary N) is 1. The van der Waals surface area contributed by atoms with E-state index < -0.39 is 0 Å². The van der Waals surface area contributed by atoms with Crippen molar-refractivity contribution in [1.82, 2.24) is 5.32 Å². The fourth-order valence-electron chi connectivity index (χ4n) is 2.45. The Morgan fingerprint density at radius 2 is 2.05 bits per heavy atom. The summed E-state index contributed by atoms with van der Waals surface area (Å²) in [6.45, 7) is 2.84. The van der Waals surface area contributed by atoms with Crippen molar-refractivity contribution in [3.63, 3.8) is 0 Å². The SMILES string of the molecule is Cc1ccc(CNC2CC2)cc1-c1cc(F)cc(C#N)c1. The van der Waals surface area contributed by atoms with E-state index in [0.29, 0.717) is 11.6 Å². The molecule has 0 aliphatic heterocycles. The fourth-order valence-corrected chi connectivity index (χ4v) is 2.45. The van der Waals surface area contributed by atoms with Gasteiger partial charge in [-0.15, -0.1) is 0 Å². The number of nitriles is 1. The smallest absolute Gasteiger partial charge is 0.125 e. The third kappa shape index (κ3) is 3.29. The summed E-state index contributed by atoms with van der Waals surface area (Å²) in [5.74, 6) is -0.370. The lowest BCUT2D eigenvalue weighted by Crippen LogP contribution is -2.15. The van der Waals surface area contributed by atoms with E-state index in [2.05, 4.69) is 23.5 Å². The molecule has 0 heterocycles. The van der Waals surface area contributed by atoms with Crippen LogP contribution in [0.3, 0.4) is 0 Å². The Balaban J connectivity index is 1.94. The van der Waals surface area contributed by atoms with Gasteiger partial charge in [0, 0.05) is 12.6 Å². The van der Waals surface area contributed by atoms with Crippen molar-refractivity contribution in [2.75, 3.05) is 0 Å². The Morgan fingerprint density at radius 3 is 2.76 bits per heavy atom. The highest BCUT2D eigenvalue weighted by Crippen LogP contribution is 2.27. The summed E-state index contributed by atoms with van der Waals surface area (Å²) in [5, 5.41) is 12.5. The van der Waals surface area contributed by atoms with Gasteiger partial charge in [0.05, 0.1) is 11.6 Å². The molecule has 2 nitrogen and oxygen atoms in total. The molecule has 1 aliphatic carbocycles. The second-order valence-electron chi connectivity index (χ2n) is 5.64. The molecule has 0 amide bonds. The van der Waals surface area contributed by atoms with Gasteiger partial charge in [-0.3, -0.25) is 0 Å². The molecular weight excluding hydrogens is 263 g/mol. The number of aryl methyl sites for hydroxylation is 1. The third-order valence-corrected chi connectivity index (χ3v) is 3.81. The molecule has 1 saturated carbocycles. The van der Waals surface area contributed by atoms with Crippen LogP contribution in [0.4, 0.5) is 4.39 Å². The van der Waals surface area contributed by atoms with Crippen molar-refractivity contribution in [2.24, 2.45) is 0 Å². The van der Waals surface area contributed by atoms with E-state index in [0.717, 1.165) is 23.2 Å². The summed E-state index contributed by atoms with van der Waals surface area (Å²) in [5.41, 5.74) is 4.37. The largest absolute Gasteiger partial charge is 0.310 e. The van der Waals surface area contributed by atoms with Crippen molar-refractivity contribution in [3.8, 4) is 17.2 Å². The standard InChI is InChI=1S/C18H17FN2/c1-12-2-3-13(11-21-17-4-5-17)8-18(12)15-6-14(10-20)7-16(19)9-15/h2-3,6-9,17,21H,4-5,11H2,1H3. The molecular formula is C18H17FN2. The Hall–Kier alpha value is -2.18. The lowest BCUT2D eigenvalue weighted by molar-refractivity contribution is 0.628. The van der Waals surface area contributed by atoms with Gasteiger partial charge in [-0.25, -0.2) is 4.39 Å². The zero-order chi connectivity index (χ0) is 14.8. The highest BCUT2D eigenvalue weighted by Gasteiger charge is 2.20. The highest BCUT2D eigenvalue weighted by molar-refractivity contribution is 5.69. The van der Waals surface area contributed by atoms with Gasteiger partial charge in [-0.2, -0.15) is 5.26 Å². The normalized spacial score (nSPS) is 14.0. The fraction of sp³-hybridized carbons (Fsp3) is 0.278. The molecule has 0 radical (unpaired) electrons. The number of halogens is 1. The first-order chi connectivity index (χ1) is 10.2. The van der Waals surface area contributed by atoms with Gasteiger partial charge < -0.3 is 5.32 Å². The second kappa shape index (κ2) is 5.67. The number of rotatable bonds is 4. The second-order valence-corrected chi connectivity index (χ2v) is 5.64. The molecule has 1 fully saturated rings. The van der Waals surface area contributed by atoms with Crippen LogP contribution in [0.15, 0.2) is 36.4 Å². The van der Waals surface area contributed by atoms with Crippen LogP contribution in [0.1, 0.15) is 29.5 Å². The van der Waals surface area contributed by atoms with E-state index in [9.17, 15) is 4.39 Å². The van der Waals surface area contributed by atoms with Gasteiger partial charge in [0.1, 0.15) is 5.82 Å². The molecule has 0 unspecified atom stereocenters. The van der Waals surface area contributed by atoms with Crippen LogP contribution in [0.2, 0.25) is 0 Å². The number of hydrogen-bond acceptors (Lipinski definition) is 2. The summed E-state index contributed by atoms with van der Waals surface area (Å²) in [4.78, 5) is 0. The molecule has 2 aromatic rings. The molecule has 3 heteroatoms. The number of hydrogen-bond donors (Lipinski definition) is 1. The first kappa shape index (κ1) is 13.8. The molecule has 0 atom stereocenters. The minimum Gasteiger partial charge on any atom is -0.310 e. The average Bonchev–Trinajstić information content (AvgIpc) is 3.30. The molecule has 0 spiro atoms. The van der Waals surface area contributed by atoms with E-state index in [-0.39, 0.29) is 5.82 Å². The number of nitrogens with zero attached hydrogens (tertiary/aromatic N) is 1. The van der Waals surface area contributed by atoms with Crippen molar-refractivity contribution < 1.29 is 4.39 Å². The van der Waals surface area contributed by atoms with E-state index in [4.69, 9.17) is 5.26 Å². The van der Waals surface area contributed by atoms with Crippen LogP contribution in [0.25, 0.3) is 11.1 Å². The van der Waals surface area contributed by atoms with Crippen LogP contribution in [0, 0.1) is 24.1 Å². The van der Waals surface area contributed by atoms with Crippen molar-refractivity contribution in [2.45, 2.75) is 32.4 Å². The Bertz CT molecular complexity index is 712. The topological polar surface area (TPSA) is 35.8 Å². The molecule has 1 aliphatic rings. The van der Waals surface area contributed by atoms with Crippen LogP contribution in [0.5, 0.6) is 0 Å². The molecule has 0 saturated heterocycles. The maximum atomic E-state index is 13.6. The Morgan fingerprint density at radius 1 is 1.24 bits per heavy atom. The maximum absolute atomic E-state index is 13.6. The van der Waals surface area contributed by atoms with E-state index in [1.165, 1.54) is 30.5 Å². The molecule has 106 valence electrons. The molecule has 3 rings (SSSR count). The maximum Gasteiger partial charge on any atom is 0.125 e. The van der Waals surface area contributed by atoms with Crippen molar-refractivity contribution in [1.29, 1.82) is 5.26 Å². The zero-order valence-corrected chi connectivity index (χ0v) is 12.0. The highest BCUT2D eigenvalue weighted by atomic mass is 19.1. The average molecular weight is 280 g/mol. The Labute approximate surface area is 124 Å². The molecule has 21 heavy (non-hydrogen) atoms. The van der Waals surface area contributed by atoms with Gasteiger partial charge in [0.2, 0.25) is 0 Å². The Kier molecular flexibility index (Phi) is 3.72. The van der Waals surface area contributed by atoms with Gasteiger partial charge in [0.15, 0.2) is 0 Å². The minimum absolute atomic E-state index is 0.353. The van der Waals surface area contributed by atoms with Crippen LogP contribution >= 0.6 is 0 Å². The van der Waals surface area contributed by atoms with Crippen molar-refractivity contribution >= 4 is 0 Å². The van der Waals surface area contributed by atoms with Crippen LogP contribution in [-0.4, -0.2) is 6.04 Å². The quantitative estimate of drug-likeness (QED) is 0.921. The van der Waals surface area contributed by atoms with Crippen LogP contribution < -0.4 is 5.32 Å². The van der Waals surface area contributed by atoms with Gasteiger partial charge in [-0.1, -0.05) is 12.1 Å². The van der Waals surface area contributed by atoms with Gasteiger partial charge >= 0.3 is 0 Å².